The SMILES string of the molecule is CCN(CC)[C@@H](CN=CC(C#N)c1nc(C)cs1)c1ccccc1. The van der Waals surface area contributed by atoms with Gasteiger partial charge >= 0.3 is 0 Å². The van der Waals surface area contributed by atoms with Gasteiger partial charge in [-0.15, -0.1) is 11.3 Å². The maximum Gasteiger partial charge on any atom is 0.133 e. The van der Waals surface area contributed by atoms with Crippen LogP contribution in [0.2, 0.25) is 0 Å². The molecule has 0 saturated carbocycles. The Morgan fingerprint density at radius 3 is 2.54 bits per heavy atom. The lowest BCUT2D eigenvalue weighted by atomic mass is 10.1. The lowest BCUT2D eigenvalue weighted by molar-refractivity contribution is 0.224. The van der Waals surface area contributed by atoms with Crippen molar-refractivity contribution in [2.24, 2.45) is 4.99 Å². The minimum absolute atomic E-state index is 0.231. The molecule has 1 aromatic heterocycles. The molecule has 2 rings (SSSR count). The van der Waals surface area contributed by atoms with Crippen LogP contribution in [0.15, 0.2) is 40.7 Å². The van der Waals surface area contributed by atoms with Gasteiger partial charge in [-0.1, -0.05) is 44.2 Å². The number of nitrogens with zero attached hydrogens (tertiary/aromatic N) is 4. The highest BCUT2D eigenvalue weighted by molar-refractivity contribution is 7.09. The zero-order chi connectivity index (χ0) is 17.4. The van der Waals surface area contributed by atoms with Crippen LogP contribution in [0.3, 0.4) is 0 Å². The Balaban J connectivity index is 2.13. The zero-order valence-corrected chi connectivity index (χ0v) is 15.3. The summed E-state index contributed by atoms with van der Waals surface area (Å²) in [5.74, 6) is -0.364. The van der Waals surface area contributed by atoms with Crippen molar-refractivity contribution < 1.29 is 0 Å². The highest BCUT2D eigenvalue weighted by atomic mass is 32.1. The average Bonchev–Trinajstić information content (AvgIpc) is 3.05. The molecule has 0 bridgehead atoms. The minimum atomic E-state index is -0.364. The fourth-order valence-electron chi connectivity index (χ4n) is 2.70. The van der Waals surface area contributed by atoms with Gasteiger partial charge in [0.15, 0.2) is 0 Å². The summed E-state index contributed by atoms with van der Waals surface area (Å²) in [6.45, 7) is 8.86. The fraction of sp³-hybridized carbons (Fsp3) is 0.421. The van der Waals surface area contributed by atoms with Crippen molar-refractivity contribution in [1.82, 2.24) is 9.88 Å². The summed E-state index contributed by atoms with van der Waals surface area (Å²) >= 11 is 1.52. The molecule has 0 aliphatic heterocycles. The summed E-state index contributed by atoms with van der Waals surface area (Å²) in [5, 5.41) is 12.2. The molecule has 1 heterocycles. The van der Waals surface area contributed by atoms with Gasteiger partial charge in [0.1, 0.15) is 10.9 Å². The van der Waals surface area contributed by atoms with Crippen LogP contribution in [0.1, 0.15) is 42.1 Å². The van der Waals surface area contributed by atoms with Gasteiger partial charge in [-0.3, -0.25) is 9.89 Å². The van der Waals surface area contributed by atoms with Gasteiger partial charge in [0.2, 0.25) is 0 Å². The van der Waals surface area contributed by atoms with E-state index in [1.807, 2.05) is 18.4 Å². The Hall–Kier alpha value is -2.03. The van der Waals surface area contributed by atoms with E-state index in [4.69, 9.17) is 0 Å². The molecule has 0 aliphatic rings. The monoisotopic (exact) mass is 340 g/mol. The molecule has 0 amide bonds. The first kappa shape index (κ1) is 18.3. The fourth-order valence-corrected chi connectivity index (χ4v) is 3.51. The number of likely N-dealkylation sites (N-methyl/N-ethyl adjacent to an activating group) is 1. The van der Waals surface area contributed by atoms with Crippen molar-refractivity contribution >= 4 is 17.6 Å². The van der Waals surface area contributed by atoms with E-state index in [1.54, 1.807) is 6.21 Å². The number of nitriles is 1. The van der Waals surface area contributed by atoms with Crippen LogP contribution in [-0.4, -0.2) is 35.7 Å². The van der Waals surface area contributed by atoms with E-state index in [0.29, 0.717) is 6.54 Å². The van der Waals surface area contributed by atoms with Crippen molar-refractivity contribution in [3.63, 3.8) is 0 Å². The van der Waals surface area contributed by atoms with Crippen molar-refractivity contribution in [1.29, 1.82) is 5.26 Å². The first-order chi connectivity index (χ1) is 11.7. The van der Waals surface area contributed by atoms with Crippen molar-refractivity contribution in [2.75, 3.05) is 19.6 Å². The molecular weight excluding hydrogens is 316 g/mol. The number of rotatable bonds is 8. The predicted molar refractivity (Wildman–Crippen MR) is 101 cm³/mol. The third-order valence-corrected chi connectivity index (χ3v) is 5.06. The number of thiazole rings is 1. The predicted octanol–water partition coefficient (Wildman–Crippen LogP) is 4.21. The number of benzene rings is 1. The lowest BCUT2D eigenvalue weighted by Crippen LogP contribution is -2.30. The number of hydrogen-bond acceptors (Lipinski definition) is 5. The number of aromatic nitrogens is 1. The van der Waals surface area contributed by atoms with Crippen LogP contribution in [0, 0.1) is 18.3 Å². The summed E-state index contributed by atoms with van der Waals surface area (Å²) < 4.78 is 0. The normalized spacial score (nSPS) is 14.0. The van der Waals surface area contributed by atoms with Crippen LogP contribution in [0.25, 0.3) is 0 Å². The summed E-state index contributed by atoms with van der Waals surface area (Å²) in [4.78, 5) is 11.4. The molecule has 0 radical (unpaired) electrons. The maximum atomic E-state index is 9.39. The first-order valence-corrected chi connectivity index (χ1v) is 9.18. The second-order valence-corrected chi connectivity index (χ2v) is 6.49. The molecule has 5 heteroatoms. The van der Waals surface area contributed by atoms with Crippen LogP contribution in [-0.2, 0) is 0 Å². The quantitative estimate of drug-likeness (QED) is 0.676. The molecule has 126 valence electrons. The highest BCUT2D eigenvalue weighted by Gasteiger charge is 2.18. The molecule has 0 aliphatic carbocycles. The summed E-state index contributed by atoms with van der Waals surface area (Å²) in [7, 11) is 0. The zero-order valence-electron chi connectivity index (χ0n) is 14.5. The van der Waals surface area contributed by atoms with Crippen LogP contribution < -0.4 is 0 Å². The molecule has 2 atom stereocenters. The van der Waals surface area contributed by atoms with E-state index in [-0.39, 0.29) is 12.0 Å². The van der Waals surface area contributed by atoms with Gasteiger partial charge in [0.05, 0.1) is 18.7 Å². The Labute approximate surface area is 148 Å². The van der Waals surface area contributed by atoms with Gasteiger partial charge in [-0.05, 0) is 25.6 Å². The van der Waals surface area contributed by atoms with E-state index in [1.165, 1.54) is 16.9 Å². The van der Waals surface area contributed by atoms with E-state index < -0.39 is 0 Å². The first-order valence-electron chi connectivity index (χ1n) is 8.30. The van der Waals surface area contributed by atoms with E-state index >= 15 is 0 Å². The third kappa shape index (κ3) is 4.73. The van der Waals surface area contributed by atoms with E-state index in [0.717, 1.165) is 23.8 Å². The molecule has 0 fully saturated rings. The van der Waals surface area contributed by atoms with Crippen LogP contribution in [0.5, 0.6) is 0 Å². The second-order valence-electron chi connectivity index (χ2n) is 5.60. The van der Waals surface area contributed by atoms with E-state index in [9.17, 15) is 5.26 Å². The van der Waals surface area contributed by atoms with Crippen molar-refractivity contribution in [3.8, 4) is 6.07 Å². The Morgan fingerprint density at radius 2 is 2.00 bits per heavy atom. The minimum Gasteiger partial charge on any atom is -0.295 e. The topological polar surface area (TPSA) is 52.3 Å². The van der Waals surface area contributed by atoms with Gasteiger partial charge in [0, 0.05) is 17.3 Å². The van der Waals surface area contributed by atoms with Gasteiger partial charge in [-0.25, -0.2) is 4.98 Å². The molecule has 1 unspecified atom stereocenters. The molecule has 4 nitrogen and oxygen atoms in total. The number of aliphatic imine (C=N–C) groups is 1. The molecule has 2 aromatic rings. The average molecular weight is 340 g/mol. The summed E-state index contributed by atoms with van der Waals surface area (Å²) in [5.41, 5.74) is 2.21. The molecule has 1 aromatic carbocycles. The van der Waals surface area contributed by atoms with Crippen LogP contribution >= 0.6 is 11.3 Å². The number of aryl methyl sites for hydroxylation is 1. The van der Waals surface area contributed by atoms with Gasteiger partial charge in [-0.2, -0.15) is 5.26 Å². The number of hydrogen-bond donors (Lipinski definition) is 0. The third-order valence-electron chi connectivity index (χ3n) is 4.01. The molecule has 24 heavy (non-hydrogen) atoms. The largest absolute Gasteiger partial charge is 0.295 e. The maximum absolute atomic E-state index is 9.39. The second kappa shape index (κ2) is 9.31. The van der Waals surface area contributed by atoms with Crippen molar-refractivity contribution in [2.45, 2.75) is 32.7 Å². The molecule has 0 N–H and O–H groups in total. The molecular formula is C19H24N4S. The summed E-state index contributed by atoms with van der Waals surface area (Å²) in [6, 6.07) is 13.0. The molecule has 0 spiro atoms. The van der Waals surface area contributed by atoms with Crippen LogP contribution in [0.4, 0.5) is 0 Å². The summed E-state index contributed by atoms with van der Waals surface area (Å²) in [6.07, 6.45) is 1.75. The van der Waals surface area contributed by atoms with Gasteiger partial charge in [0.25, 0.3) is 0 Å². The van der Waals surface area contributed by atoms with E-state index in [2.05, 4.69) is 59.1 Å². The lowest BCUT2D eigenvalue weighted by Gasteiger charge is -2.28. The Kier molecular flexibility index (Phi) is 7.10. The molecule has 0 saturated heterocycles. The standard InChI is InChI=1S/C19H24N4S/c1-4-23(5-2)18(16-9-7-6-8-10-16)13-21-12-17(11-20)19-22-15(3)14-24-19/h6-10,12,14,17-18H,4-5,13H2,1-3H3/t17?,18-/m0/s1. The van der Waals surface area contributed by atoms with Crippen molar-refractivity contribution in [3.05, 3.63) is 52.0 Å². The smallest absolute Gasteiger partial charge is 0.133 e. The Bertz CT molecular complexity index is 683. The Morgan fingerprint density at radius 1 is 1.29 bits per heavy atom. The van der Waals surface area contributed by atoms with Gasteiger partial charge < -0.3 is 0 Å². The highest BCUT2D eigenvalue weighted by Crippen LogP contribution is 2.22.